The Bertz CT molecular complexity index is 872. The molecule has 142 valence electrons. The third-order valence-corrected chi connectivity index (χ3v) is 4.65. The summed E-state index contributed by atoms with van der Waals surface area (Å²) in [6.45, 7) is 1.85. The zero-order valence-corrected chi connectivity index (χ0v) is 15.0. The van der Waals surface area contributed by atoms with E-state index < -0.39 is 23.6 Å². The van der Waals surface area contributed by atoms with Gasteiger partial charge in [0.15, 0.2) is 0 Å². The highest BCUT2D eigenvalue weighted by atomic mass is 19.1. The molecule has 1 aliphatic rings. The van der Waals surface area contributed by atoms with E-state index in [1.165, 1.54) is 18.1 Å². The molecule has 2 aromatic rings. The number of hydrogen-bond donors (Lipinski definition) is 1. The molecule has 0 bridgehead atoms. The number of ether oxygens (including phenoxy) is 1. The van der Waals surface area contributed by atoms with Gasteiger partial charge in [-0.1, -0.05) is 12.1 Å². The molecule has 0 aliphatic carbocycles. The van der Waals surface area contributed by atoms with Crippen LogP contribution in [0.15, 0.2) is 42.5 Å². The summed E-state index contributed by atoms with van der Waals surface area (Å²) in [5.74, 6) is -1.83. The summed E-state index contributed by atoms with van der Waals surface area (Å²) in [5, 5.41) is 2.71. The molecule has 0 spiro atoms. The summed E-state index contributed by atoms with van der Waals surface area (Å²) in [6.07, 6.45) is 0.0711. The molecule has 1 heterocycles. The number of methoxy groups -OCH3 is 1. The van der Waals surface area contributed by atoms with Gasteiger partial charge >= 0.3 is 0 Å². The molecule has 5 nitrogen and oxygen atoms in total. The van der Waals surface area contributed by atoms with Crippen LogP contribution in [0.2, 0.25) is 0 Å². The third-order valence-electron chi connectivity index (χ3n) is 4.65. The standard InChI is InChI=1S/C20H20F2N2O3/c1-12(17-7-6-14(21)9-18(17)22)23-20(26)13-8-19(25)24(11-13)15-4-3-5-16(10-15)27-2/h3-7,9-10,12-13H,8,11H2,1-2H3,(H,23,26). The number of hydrogen-bond acceptors (Lipinski definition) is 3. The zero-order valence-electron chi connectivity index (χ0n) is 15.0. The summed E-state index contributed by atoms with van der Waals surface area (Å²) in [6, 6.07) is 9.64. The molecule has 7 heteroatoms. The molecule has 27 heavy (non-hydrogen) atoms. The number of nitrogens with one attached hydrogen (secondary N) is 1. The van der Waals surface area contributed by atoms with E-state index in [2.05, 4.69) is 5.32 Å². The van der Waals surface area contributed by atoms with Gasteiger partial charge in [-0.3, -0.25) is 9.59 Å². The van der Waals surface area contributed by atoms with Gasteiger partial charge in [-0.2, -0.15) is 0 Å². The molecule has 2 unspecified atom stereocenters. The van der Waals surface area contributed by atoms with Gasteiger partial charge in [0.1, 0.15) is 17.4 Å². The van der Waals surface area contributed by atoms with E-state index >= 15 is 0 Å². The van der Waals surface area contributed by atoms with Crippen molar-refractivity contribution in [2.24, 2.45) is 5.92 Å². The first-order chi connectivity index (χ1) is 12.9. The van der Waals surface area contributed by atoms with Gasteiger partial charge in [0, 0.05) is 36.3 Å². The van der Waals surface area contributed by atoms with Gasteiger partial charge in [0.2, 0.25) is 11.8 Å². The molecule has 1 fully saturated rings. The SMILES string of the molecule is COc1cccc(N2CC(C(=O)NC(C)c3ccc(F)cc3F)CC2=O)c1. The van der Waals surface area contributed by atoms with Crippen LogP contribution in [-0.4, -0.2) is 25.5 Å². The highest BCUT2D eigenvalue weighted by Gasteiger charge is 2.35. The number of rotatable bonds is 5. The second-order valence-electron chi connectivity index (χ2n) is 6.50. The Hall–Kier alpha value is -2.96. The Balaban J connectivity index is 1.68. The number of amides is 2. The summed E-state index contributed by atoms with van der Waals surface area (Å²) >= 11 is 0. The van der Waals surface area contributed by atoms with Crippen LogP contribution in [0.1, 0.15) is 24.9 Å². The van der Waals surface area contributed by atoms with Crippen LogP contribution in [0.4, 0.5) is 14.5 Å². The fraction of sp³-hybridized carbons (Fsp3) is 0.300. The molecule has 1 N–H and O–H groups in total. The van der Waals surface area contributed by atoms with Crippen molar-refractivity contribution in [2.75, 3.05) is 18.6 Å². The predicted molar refractivity (Wildman–Crippen MR) is 96.4 cm³/mol. The molecular formula is C20H20F2N2O3. The van der Waals surface area contributed by atoms with Crippen molar-refractivity contribution in [2.45, 2.75) is 19.4 Å². The molecule has 2 aromatic carbocycles. The van der Waals surface area contributed by atoms with Crippen molar-refractivity contribution in [3.8, 4) is 5.75 Å². The van der Waals surface area contributed by atoms with E-state index in [4.69, 9.17) is 4.74 Å². The Morgan fingerprint density at radius 2 is 2.04 bits per heavy atom. The minimum Gasteiger partial charge on any atom is -0.497 e. The van der Waals surface area contributed by atoms with Gasteiger partial charge in [0.05, 0.1) is 19.1 Å². The average Bonchev–Trinajstić information content (AvgIpc) is 3.03. The normalized spacial score (nSPS) is 17.7. The van der Waals surface area contributed by atoms with Crippen LogP contribution in [-0.2, 0) is 9.59 Å². The predicted octanol–water partition coefficient (Wildman–Crippen LogP) is 3.20. The number of anilines is 1. The van der Waals surface area contributed by atoms with Crippen LogP contribution in [0.5, 0.6) is 5.75 Å². The highest BCUT2D eigenvalue weighted by molar-refractivity contribution is 6.00. The number of benzene rings is 2. The van der Waals surface area contributed by atoms with Crippen molar-refractivity contribution >= 4 is 17.5 Å². The first-order valence-electron chi connectivity index (χ1n) is 8.58. The average molecular weight is 374 g/mol. The van der Waals surface area contributed by atoms with Gasteiger partial charge in [0.25, 0.3) is 0 Å². The summed E-state index contributed by atoms with van der Waals surface area (Å²) in [5.41, 5.74) is 0.853. The topological polar surface area (TPSA) is 58.6 Å². The lowest BCUT2D eigenvalue weighted by atomic mass is 10.0. The fourth-order valence-electron chi connectivity index (χ4n) is 3.17. The fourth-order valence-corrected chi connectivity index (χ4v) is 3.17. The van der Waals surface area contributed by atoms with E-state index in [1.54, 1.807) is 31.2 Å². The lowest BCUT2D eigenvalue weighted by molar-refractivity contribution is -0.126. The number of nitrogens with zero attached hydrogens (tertiary/aromatic N) is 1. The highest BCUT2D eigenvalue weighted by Crippen LogP contribution is 2.28. The van der Waals surface area contributed by atoms with Crippen molar-refractivity contribution in [1.82, 2.24) is 5.32 Å². The molecule has 2 atom stereocenters. The molecule has 0 aromatic heterocycles. The van der Waals surface area contributed by atoms with E-state index in [0.717, 1.165) is 12.1 Å². The Morgan fingerprint density at radius 3 is 2.74 bits per heavy atom. The first kappa shape index (κ1) is 18.8. The van der Waals surface area contributed by atoms with Crippen LogP contribution in [0.3, 0.4) is 0 Å². The van der Waals surface area contributed by atoms with Crippen molar-refractivity contribution in [3.63, 3.8) is 0 Å². The van der Waals surface area contributed by atoms with Crippen LogP contribution >= 0.6 is 0 Å². The van der Waals surface area contributed by atoms with Crippen LogP contribution < -0.4 is 15.0 Å². The van der Waals surface area contributed by atoms with Gasteiger partial charge in [-0.25, -0.2) is 8.78 Å². The lowest BCUT2D eigenvalue weighted by Crippen LogP contribution is -2.34. The maximum absolute atomic E-state index is 13.9. The Labute approximate surface area is 155 Å². The van der Waals surface area contributed by atoms with Gasteiger partial charge < -0.3 is 15.0 Å². The van der Waals surface area contributed by atoms with Crippen molar-refractivity contribution in [3.05, 3.63) is 59.7 Å². The molecule has 0 radical (unpaired) electrons. The summed E-state index contributed by atoms with van der Waals surface area (Å²) in [7, 11) is 1.54. The maximum atomic E-state index is 13.9. The minimum absolute atomic E-state index is 0.0711. The summed E-state index contributed by atoms with van der Waals surface area (Å²) in [4.78, 5) is 26.4. The van der Waals surface area contributed by atoms with E-state index in [0.29, 0.717) is 11.4 Å². The maximum Gasteiger partial charge on any atom is 0.227 e. The third kappa shape index (κ3) is 4.07. The molecule has 1 saturated heterocycles. The molecule has 2 amide bonds. The summed E-state index contributed by atoms with van der Waals surface area (Å²) < 4.78 is 32.1. The van der Waals surface area contributed by atoms with E-state index in [-0.39, 0.29) is 30.3 Å². The number of carbonyl (C=O) groups is 2. The first-order valence-corrected chi connectivity index (χ1v) is 8.58. The van der Waals surface area contributed by atoms with Crippen LogP contribution in [0, 0.1) is 17.6 Å². The van der Waals surface area contributed by atoms with Gasteiger partial charge in [-0.15, -0.1) is 0 Å². The number of carbonyl (C=O) groups excluding carboxylic acids is 2. The Kier molecular flexibility index (Phi) is 5.39. The largest absolute Gasteiger partial charge is 0.497 e. The molecule has 1 aliphatic heterocycles. The van der Waals surface area contributed by atoms with Crippen molar-refractivity contribution < 1.29 is 23.1 Å². The van der Waals surface area contributed by atoms with E-state index in [1.807, 2.05) is 0 Å². The molecule has 0 saturated carbocycles. The monoisotopic (exact) mass is 374 g/mol. The van der Waals surface area contributed by atoms with Gasteiger partial charge in [-0.05, 0) is 25.1 Å². The second kappa shape index (κ2) is 7.73. The minimum atomic E-state index is -0.719. The van der Waals surface area contributed by atoms with Crippen LogP contribution in [0.25, 0.3) is 0 Å². The van der Waals surface area contributed by atoms with E-state index in [9.17, 15) is 18.4 Å². The quantitative estimate of drug-likeness (QED) is 0.874. The van der Waals surface area contributed by atoms with Crippen molar-refractivity contribution in [1.29, 1.82) is 0 Å². The number of halogens is 2. The Morgan fingerprint density at radius 1 is 1.26 bits per heavy atom. The molecular weight excluding hydrogens is 354 g/mol. The zero-order chi connectivity index (χ0) is 19.6. The molecule has 3 rings (SSSR count). The lowest BCUT2D eigenvalue weighted by Gasteiger charge is -2.19. The second-order valence-corrected chi connectivity index (χ2v) is 6.50. The smallest absolute Gasteiger partial charge is 0.227 e.